The van der Waals surface area contributed by atoms with Crippen LogP contribution in [0.3, 0.4) is 0 Å². The number of ether oxygens (including phenoxy) is 2. The first-order valence-corrected chi connectivity index (χ1v) is 22.7. The first kappa shape index (κ1) is 46.9. The molecule has 0 spiro atoms. The molecule has 6 N–H and O–H groups in total. The highest BCUT2D eigenvalue weighted by atomic mass is 32.1. The summed E-state index contributed by atoms with van der Waals surface area (Å²) in [5.41, 5.74) is 15.3. The van der Waals surface area contributed by atoms with Crippen molar-refractivity contribution in [2.75, 3.05) is 57.1 Å². The van der Waals surface area contributed by atoms with E-state index in [1.165, 1.54) is 24.5 Å². The number of imidazole rings is 2. The van der Waals surface area contributed by atoms with E-state index in [9.17, 15) is 24.0 Å². The van der Waals surface area contributed by atoms with E-state index in [2.05, 4.69) is 25.6 Å². The molecule has 5 amide bonds. The molecule has 1 fully saturated rings. The molecule has 2 aromatic carbocycles. The number of piperazine rings is 1. The van der Waals surface area contributed by atoms with E-state index in [1.54, 1.807) is 45.0 Å². The molecule has 20 nitrogen and oxygen atoms in total. The van der Waals surface area contributed by atoms with Gasteiger partial charge in [0.1, 0.15) is 33.1 Å². The molecular weight excluding hydrogens is 867 g/mol. The van der Waals surface area contributed by atoms with Crippen molar-refractivity contribution >= 4 is 74.8 Å². The number of anilines is 2. The van der Waals surface area contributed by atoms with Crippen molar-refractivity contribution in [1.82, 2.24) is 43.7 Å². The molecule has 0 radical (unpaired) electrons. The predicted molar refractivity (Wildman–Crippen MR) is 250 cm³/mol. The number of amides is 5. The van der Waals surface area contributed by atoms with Crippen LogP contribution in [-0.4, -0.2) is 120 Å². The van der Waals surface area contributed by atoms with Crippen LogP contribution in [0.1, 0.15) is 90.9 Å². The maximum absolute atomic E-state index is 13.9. The van der Waals surface area contributed by atoms with Crippen molar-refractivity contribution in [1.29, 1.82) is 0 Å². The van der Waals surface area contributed by atoms with Crippen molar-refractivity contribution < 1.29 is 33.4 Å². The monoisotopic (exact) mass is 921 g/mol. The fraction of sp³-hybridized carbons (Fsp3) is 0.400. The van der Waals surface area contributed by atoms with Gasteiger partial charge >= 0.3 is 0 Å². The maximum atomic E-state index is 13.9. The molecule has 21 heteroatoms. The predicted octanol–water partition coefficient (Wildman–Crippen LogP) is 4.53. The topological polar surface area (TPSA) is 253 Å². The highest BCUT2D eigenvalue weighted by Gasteiger charge is 2.25. The Balaban J connectivity index is 1.22. The van der Waals surface area contributed by atoms with Gasteiger partial charge in [-0.25, -0.2) is 15.0 Å². The number of hydrogen-bond donors (Lipinski definition) is 4. The summed E-state index contributed by atoms with van der Waals surface area (Å²) >= 11 is 1.29. The van der Waals surface area contributed by atoms with Crippen LogP contribution >= 0.6 is 11.3 Å². The van der Waals surface area contributed by atoms with Gasteiger partial charge in [-0.15, -0.1) is 11.3 Å². The molecule has 1 aliphatic rings. The minimum Gasteiger partial charge on any atom is -0.494 e. The summed E-state index contributed by atoms with van der Waals surface area (Å²) in [5.74, 6) is -0.964. The van der Waals surface area contributed by atoms with Crippen LogP contribution in [0.2, 0.25) is 0 Å². The number of nitrogens with zero attached hydrogens (tertiary/aromatic N) is 9. The lowest BCUT2D eigenvalue weighted by Gasteiger charge is -2.34. The first-order chi connectivity index (χ1) is 31.7. The molecule has 0 aliphatic carbocycles. The molecule has 0 unspecified atom stereocenters. The third kappa shape index (κ3) is 10.1. The number of methoxy groups -OCH3 is 1. The van der Waals surface area contributed by atoms with Crippen molar-refractivity contribution in [3.8, 4) is 11.5 Å². The average molecular weight is 922 g/mol. The van der Waals surface area contributed by atoms with Crippen molar-refractivity contribution in [2.24, 2.45) is 11.5 Å². The Labute approximate surface area is 384 Å². The Morgan fingerprint density at radius 1 is 0.788 bits per heavy atom. The highest BCUT2D eigenvalue weighted by Crippen LogP contribution is 2.33. The fourth-order valence-electron chi connectivity index (χ4n) is 8.01. The molecule has 6 aromatic rings. The Hall–Kier alpha value is -7.13. The zero-order valence-electron chi connectivity index (χ0n) is 38.0. The van der Waals surface area contributed by atoms with E-state index in [0.29, 0.717) is 101 Å². The Morgan fingerprint density at radius 3 is 1.94 bits per heavy atom. The van der Waals surface area contributed by atoms with Crippen LogP contribution in [0.15, 0.2) is 42.5 Å². The number of benzene rings is 2. The van der Waals surface area contributed by atoms with Gasteiger partial charge in [-0.2, -0.15) is 5.10 Å². The molecule has 1 saturated heterocycles. The van der Waals surface area contributed by atoms with Crippen LogP contribution in [0.4, 0.5) is 11.9 Å². The Morgan fingerprint density at radius 2 is 1.38 bits per heavy atom. The van der Waals surface area contributed by atoms with Crippen LogP contribution in [0, 0.1) is 13.8 Å². The summed E-state index contributed by atoms with van der Waals surface area (Å²) in [6.45, 7) is 14.0. The SMILES string of the molecule is CCC(=O)N1CCN(CCCOc2cc(C(N)=O)cc3nc(NC(=O)c4cc(C)nn4CC)n(C/C=C/Cn4c(NC(=O)c5sc(C)nc5CC)nc5cc(C(N)=O)cc(OC)c54)c23)CC1. The third-order valence-corrected chi connectivity index (χ3v) is 12.3. The molecule has 348 valence electrons. The molecule has 1 aliphatic heterocycles. The summed E-state index contributed by atoms with van der Waals surface area (Å²) in [6, 6.07) is 7.90. The maximum Gasteiger partial charge on any atom is 0.276 e. The van der Waals surface area contributed by atoms with Gasteiger partial charge in [0, 0.05) is 69.9 Å². The number of primary amides is 2. The molecule has 5 heterocycles. The van der Waals surface area contributed by atoms with E-state index in [-0.39, 0.29) is 47.9 Å². The summed E-state index contributed by atoms with van der Waals surface area (Å²) < 4.78 is 17.3. The minimum absolute atomic E-state index is 0.154. The lowest BCUT2D eigenvalue weighted by atomic mass is 10.1. The van der Waals surface area contributed by atoms with Crippen molar-refractivity contribution in [3.05, 3.63) is 80.6 Å². The molecule has 0 bridgehead atoms. The standard InChI is InChI=1S/C45H55N13O7S/c1-7-30-39(66-27(5)48-30)43(63)52-45-49-31-22-28(40(46)60)24-34(64-6)37(31)56(45)14-10-11-15-57-38-32(50-44(57)51-42(62)33-21-26(4)53-58(33)9-3)23-29(41(47)61)25-35(38)65-20-12-13-54-16-18-55(19-17-54)36(59)8-2/h10-11,21-25H,7-9,12-20H2,1-6H3,(H2,46,60)(H2,47,61)(H,49,52,63)(H,50,51,62)/b11-10+. The number of aryl methyl sites for hydroxylation is 4. The molecule has 4 aromatic heterocycles. The zero-order valence-corrected chi connectivity index (χ0v) is 38.8. The normalized spacial score (nSPS) is 13.2. The van der Waals surface area contributed by atoms with Crippen molar-refractivity contribution in [3.63, 3.8) is 0 Å². The number of aromatic nitrogens is 7. The number of nitrogens with two attached hydrogens (primary N) is 2. The fourth-order valence-corrected chi connectivity index (χ4v) is 8.91. The van der Waals surface area contributed by atoms with Gasteiger partial charge < -0.3 is 35.0 Å². The molecule has 7 rings (SSSR count). The molecule has 66 heavy (non-hydrogen) atoms. The van der Waals surface area contributed by atoms with Gasteiger partial charge in [-0.1, -0.05) is 26.0 Å². The number of hydrogen-bond acceptors (Lipinski definition) is 13. The summed E-state index contributed by atoms with van der Waals surface area (Å²) in [5, 5.41) is 11.1. The number of fused-ring (bicyclic) bond motifs is 2. The number of thiazole rings is 1. The molecule has 0 saturated carbocycles. The molecular formula is C45H55N13O7S. The quantitative estimate of drug-likeness (QED) is 0.0646. The number of carbonyl (C=O) groups is 5. The number of nitrogens with one attached hydrogen (secondary N) is 2. The second kappa shape index (κ2) is 20.4. The molecule has 0 atom stereocenters. The van der Waals surface area contributed by atoms with Crippen LogP contribution in [-0.2, 0) is 30.8 Å². The van der Waals surface area contributed by atoms with Crippen LogP contribution in [0.5, 0.6) is 11.5 Å². The second-order valence-electron chi connectivity index (χ2n) is 15.7. The Kier molecular flexibility index (Phi) is 14.5. The Bertz CT molecular complexity index is 2850. The largest absolute Gasteiger partial charge is 0.494 e. The van der Waals surface area contributed by atoms with Crippen LogP contribution in [0.25, 0.3) is 22.1 Å². The number of carbonyl (C=O) groups excluding carboxylic acids is 5. The summed E-state index contributed by atoms with van der Waals surface area (Å²) in [6.07, 6.45) is 5.42. The first-order valence-electron chi connectivity index (χ1n) is 21.9. The van der Waals surface area contributed by atoms with Gasteiger partial charge in [0.05, 0.1) is 41.1 Å². The number of rotatable bonds is 19. The highest BCUT2D eigenvalue weighted by molar-refractivity contribution is 7.13. The smallest absolute Gasteiger partial charge is 0.276 e. The summed E-state index contributed by atoms with van der Waals surface area (Å²) in [7, 11) is 1.47. The van der Waals surface area contributed by atoms with Gasteiger partial charge in [-0.3, -0.25) is 44.2 Å². The van der Waals surface area contributed by atoms with E-state index < -0.39 is 17.7 Å². The van der Waals surface area contributed by atoms with Gasteiger partial charge in [0.25, 0.3) is 11.8 Å². The average Bonchev–Trinajstić information content (AvgIpc) is 4.07. The lowest BCUT2D eigenvalue weighted by Crippen LogP contribution is -2.48. The minimum atomic E-state index is -0.672. The van der Waals surface area contributed by atoms with Gasteiger partial charge in [0.2, 0.25) is 29.6 Å². The second-order valence-corrected chi connectivity index (χ2v) is 16.9. The van der Waals surface area contributed by atoms with Gasteiger partial charge in [-0.05, 0) is 63.9 Å². The van der Waals surface area contributed by atoms with E-state index in [1.807, 2.05) is 44.7 Å². The van der Waals surface area contributed by atoms with E-state index in [0.717, 1.165) is 24.6 Å². The number of allylic oxidation sites excluding steroid dienone is 2. The van der Waals surface area contributed by atoms with E-state index >= 15 is 0 Å². The van der Waals surface area contributed by atoms with Crippen LogP contribution < -0.4 is 31.6 Å². The third-order valence-electron chi connectivity index (χ3n) is 11.3. The zero-order chi connectivity index (χ0) is 47.2. The summed E-state index contributed by atoms with van der Waals surface area (Å²) in [4.78, 5) is 83.4. The van der Waals surface area contributed by atoms with Crippen molar-refractivity contribution in [2.45, 2.75) is 73.5 Å². The van der Waals surface area contributed by atoms with E-state index in [4.69, 9.17) is 30.9 Å². The lowest BCUT2D eigenvalue weighted by molar-refractivity contribution is -0.132. The van der Waals surface area contributed by atoms with Gasteiger partial charge in [0.15, 0.2) is 0 Å².